The lowest BCUT2D eigenvalue weighted by Crippen LogP contribution is -2.56. The fourth-order valence-electron chi connectivity index (χ4n) is 5.52. The van der Waals surface area contributed by atoms with Gasteiger partial charge in [0, 0.05) is 25.4 Å². The highest BCUT2D eigenvalue weighted by atomic mass is 16.5. The molecule has 26 heavy (non-hydrogen) atoms. The van der Waals surface area contributed by atoms with Gasteiger partial charge in [-0.3, -0.25) is 14.7 Å². The number of nitrogens with zero attached hydrogens (tertiary/aromatic N) is 3. The van der Waals surface area contributed by atoms with Crippen LogP contribution in [-0.4, -0.2) is 63.3 Å². The average Bonchev–Trinajstić information content (AvgIpc) is 3.35. The van der Waals surface area contributed by atoms with Gasteiger partial charge in [0.05, 0.1) is 36.5 Å². The molecule has 5 rings (SSSR count). The molecule has 0 bridgehead atoms. The molecule has 4 fully saturated rings. The van der Waals surface area contributed by atoms with Crippen molar-refractivity contribution < 1.29 is 14.3 Å². The van der Waals surface area contributed by atoms with E-state index in [1.165, 1.54) is 19.3 Å². The molecular weight excluding hydrogens is 332 g/mol. The fraction of sp³-hybridized carbons (Fsp3) is 0.737. The first kappa shape index (κ1) is 16.3. The van der Waals surface area contributed by atoms with E-state index in [0.29, 0.717) is 37.5 Å². The molecule has 4 aliphatic rings. The number of rotatable bonds is 2. The van der Waals surface area contributed by atoms with Crippen LogP contribution in [0.15, 0.2) is 6.20 Å². The Kier molecular flexibility index (Phi) is 3.81. The van der Waals surface area contributed by atoms with Crippen molar-refractivity contribution in [1.82, 2.24) is 20.0 Å². The molecule has 140 valence electrons. The van der Waals surface area contributed by atoms with Gasteiger partial charge in [-0.05, 0) is 19.3 Å². The minimum atomic E-state index is -0.584. The zero-order valence-electron chi connectivity index (χ0n) is 15.1. The van der Waals surface area contributed by atoms with E-state index in [1.807, 2.05) is 9.80 Å². The first-order valence-electron chi connectivity index (χ1n) is 9.99. The van der Waals surface area contributed by atoms with Crippen molar-refractivity contribution in [2.24, 2.45) is 0 Å². The molecule has 3 saturated heterocycles. The number of carbonyl (C=O) groups excluding carboxylic acids is 2. The van der Waals surface area contributed by atoms with E-state index in [9.17, 15) is 9.59 Å². The highest BCUT2D eigenvalue weighted by Gasteiger charge is 2.61. The maximum absolute atomic E-state index is 13.4. The van der Waals surface area contributed by atoms with E-state index >= 15 is 0 Å². The van der Waals surface area contributed by atoms with Crippen LogP contribution in [0.5, 0.6) is 0 Å². The van der Waals surface area contributed by atoms with Crippen molar-refractivity contribution in [3.63, 3.8) is 0 Å². The lowest BCUT2D eigenvalue weighted by molar-refractivity contribution is -0.179. The molecule has 1 aliphatic carbocycles. The average molecular weight is 358 g/mol. The molecule has 1 N–H and O–H groups in total. The van der Waals surface area contributed by atoms with Crippen LogP contribution in [0.3, 0.4) is 0 Å². The predicted molar refractivity (Wildman–Crippen MR) is 93.5 cm³/mol. The van der Waals surface area contributed by atoms with Crippen molar-refractivity contribution in [2.75, 3.05) is 19.7 Å². The molecular formula is C19H26N4O3. The summed E-state index contributed by atoms with van der Waals surface area (Å²) >= 11 is 0. The summed E-state index contributed by atoms with van der Waals surface area (Å²) in [6.45, 7) is 2.06. The first-order valence-corrected chi connectivity index (χ1v) is 9.99. The zero-order valence-corrected chi connectivity index (χ0v) is 15.1. The normalized spacial score (nSPS) is 32.0. The maximum atomic E-state index is 13.4. The van der Waals surface area contributed by atoms with Crippen LogP contribution in [0.2, 0.25) is 0 Å². The number of hydrogen-bond donors (Lipinski definition) is 1. The van der Waals surface area contributed by atoms with Gasteiger partial charge in [-0.15, -0.1) is 0 Å². The Morgan fingerprint density at radius 1 is 1.23 bits per heavy atom. The van der Waals surface area contributed by atoms with Crippen LogP contribution in [-0.2, 0) is 9.53 Å². The molecule has 0 aromatic carbocycles. The third-order valence-corrected chi connectivity index (χ3v) is 6.79. The summed E-state index contributed by atoms with van der Waals surface area (Å²) in [6, 6.07) is -0.170. The number of carbonyl (C=O) groups is 2. The van der Waals surface area contributed by atoms with Crippen molar-refractivity contribution in [3.8, 4) is 0 Å². The lowest BCUT2D eigenvalue weighted by Gasteiger charge is -2.42. The van der Waals surface area contributed by atoms with Crippen LogP contribution in [0, 0.1) is 0 Å². The molecule has 1 aromatic heterocycles. The number of ether oxygens (including phenoxy) is 1. The Bertz CT molecular complexity index is 726. The van der Waals surface area contributed by atoms with Crippen LogP contribution in [0.1, 0.15) is 73.3 Å². The number of hydrogen-bond acceptors (Lipinski definition) is 4. The van der Waals surface area contributed by atoms with Gasteiger partial charge in [-0.25, -0.2) is 0 Å². The van der Waals surface area contributed by atoms with Gasteiger partial charge < -0.3 is 14.5 Å². The summed E-state index contributed by atoms with van der Waals surface area (Å²) in [7, 11) is 0. The number of aromatic nitrogens is 2. The second kappa shape index (κ2) is 6.08. The van der Waals surface area contributed by atoms with Crippen LogP contribution >= 0.6 is 0 Å². The number of likely N-dealkylation sites (tertiary alicyclic amines) is 1. The Morgan fingerprint density at radius 3 is 2.92 bits per heavy atom. The lowest BCUT2D eigenvalue weighted by atomic mass is 9.85. The first-order chi connectivity index (χ1) is 12.7. The quantitative estimate of drug-likeness (QED) is 0.877. The molecule has 7 nitrogen and oxygen atoms in total. The highest BCUT2D eigenvalue weighted by Crippen LogP contribution is 2.45. The molecule has 1 aromatic rings. The van der Waals surface area contributed by atoms with E-state index in [4.69, 9.17) is 4.74 Å². The number of amides is 2. The van der Waals surface area contributed by atoms with Crippen LogP contribution in [0.25, 0.3) is 0 Å². The third kappa shape index (κ3) is 2.25. The van der Waals surface area contributed by atoms with E-state index in [2.05, 4.69) is 10.2 Å². The third-order valence-electron chi connectivity index (χ3n) is 6.79. The van der Waals surface area contributed by atoms with E-state index < -0.39 is 5.72 Å². The van der Waals surface area contributed by atoms with Crippen molar-refractivity contribution >= 4 is 11.8 Å². The standard InChI is InChI=1S/C19H26N4O3/c24-16-11-15-19(23(16)8-4-10-26-19)7-9-22(15)18(25)14-12-20-21-17(14)13-5-2-1-3-6-13/h12-13,15H,1-11H2,(H,20,21)/t15-,19+/m1/s1. The summed E-state index contributed by atoms with van der Waals surface area (Å²) in [5, 5.41) is 7.29. The Morgan fingerprint density at radius 2 is 2.08 bits per heavy atom. The minimum Gasteiger partial charge on any atom is -0.353 e. The molecule has 2 amide bonds. The van der Waals surface area contributed by atoms with Gasteiger partial charge in [0.25, 0.3) is 5.91 Å². The van der Waals surface area contributed by atoms with Crippen molar-refractivity contribution in [1.29, 1.82) is 0 Å². The van der Waals surface area contributed by atoms with Gasteiger partial charge in [-0.1, -0.05) is 19.3 Å². The minimum absolute atomic E-state index is 0.00465. The summed E-state index contributed by atoms with van der Waals surface area (Å²) < 4.78 is 6.12. The molecule has 1 spiro atoms. The smallest absolute Gasteiger partial charge is 0.257 e. The predicted octanol–water partition coefficient (Wildman–Crippen LogP) is 2.02. The molecule has 0 radical (unpaired) electrons. The zero-order chi connectivity index (χ0) is 17.7. The summed E-state index contributed by atoms with van der Waals surface area (Å²) in [5.41, 5.74) is 1.09. The van der Waals surface area contributed by atoms with Crippen LogP contribution in [0.4, 0.5) is 0 Å². The summed E-state index contributed by atoms with van der Waals surface area (Å²) in [4.78, 5) is 29.6. The molecule has 3 aliphatic heterocycles. The Hall–Kier alpha value is -1.89. The van der Waals surface area contributed by atoms with E-state index in [0.717, 1.165) is 31.5 Å². The van der Waals surface area contributed by atoms with Gasteiger partial charge >= 0.3 is 0 Å². The van der Waals surface area contributed by atoms with Crippen LogP contribution < -0.4 is 0 Å². The van der Waals surface area contributed by atoms with Gasteiger partial charge in [0.1, 0.15) is 0 Å². The second-order valence-corrected chi connectivity index (χ2v) is 8.09. The SMILES string of the molecule is O=C(c1cn[nH]c1C1CCCCC1)N1CC[C@@]23OCCCN2C(=O)C[C@@H]13. The summed E-state index contributed by atoms with van der Waals surface area (Å²) in [5.74, 6) is 0.520. The topological polar surface area (TPSA) is 78.5 Å². The number of nitrogens with one attached hydrogen (secondary N) is 1. The number of H-pyrrole nitrogens is 1. The van der Waals surface area contributed by atoms with E-state index in [1.54, 1.807) is 6.20 Å². The fourth-order valence-corrected chi connectivity index (χ4v) is 5.52. The molecule has 4 heterocycles. The van der Waals surface area contributed by atoms with Crippen molar-refractivity contribution in [2.45, 2.75) is 69.1 Å². The van der Waals surface area contributed by atoms with Crippen molar-refractivity contribution in [3.05, 3.63) is 17.5 Å². The van der Waals surface area contributed by atoms with Gasteiger partial charge in [0.15, 0.2) is 5.72 Å². The maximum Gasteiger partial charge on any atom is 0.257 e. The highest BCUT2D eigenvalue weighted by molar-refractivity contribution is 5.96. The summed E-state index contributed by atoms with van der Waals surface area (Å²) in [6.07, 6.45) is 9.58. The molecule has 0 unspecified atom stereocenters. The largest absolute Gasteiger partial charge is 0.353 e. The molecule has 7 heteroatoms. The van der Waals surface area contributed by atoms with Gasteiger partial charge in [0.2, 0.25) is 5.91 Å². The molecule has 2 atom stereocenters. The van der Waals surface area contributed by atoms with Gasteiger partial charge in [-0.2, -0.15) is 5.10 Å². The Balaban J connectivity index is 1.42. The van der Waals surface area contributed by atoms with E-state index in [-0.39, 0.29) is 17.9 Å². The monoisotopic (exact) mass is 358 g/mol. The molecule has 1 saturated carbocycles. The second-order valence-electron chi connectivity index (χ2n) is 8.09. The Labute approximate surface area is 153 Å². The number of aromatic amines is 1.